The molecular formula is C22H25N3O5. The predicted molar refractivity (Wildman–Crippen MR) is 114 cm³/mol. The fourth-order valence-corrected chi connectivity index (χ4v) is 4.09. The molecule has 0 atom stereocenters. The van der Waals surface area contributed by atoms with Crippen molar-refractivity contribution in [3.63, 3.8) is 0 Å². The maximum Gasteiger partial charge on any atom is 0.332 e. The predicted octanol–water partition coefficient (Wildman–Crippen LogP) is 1.86. The molecule has 0 spiro atoms. The van der Waals surface area contributed by atoms with Crippen molar-refractivity contribution in [1.82, 2.24) is 14.5 Å². The minimum atomic E-state index is -0.425. The second-order valence-corrected chi connectivity index (χ2v) is 7.42. The number of hydrogen-bond donors (Lipinski definition) is 2. The number of ether oxygens (including phenoxy) is 2. The van der Waals surface area contributed by atoms with Crippen LogP contribution in [0, 0.1) is 0 Å². The van der Waals surface area contributed by atoms with Crippen molar-refractivity contribution in [1.29, 1.82) is 0 Å². The van der Waals surface area contributed by atoms with Crippen LogP contribution in [0.15, 0.2) is 46.0 Å². The van der Waals surface area contributed by atoms with Gasteiger partial charge in [-0.2, -0.15) is 0 Å². The standard InChI is InChI=1S/C22H25N3O5/c1-29-19-6-3-14(11-20(19)30-2)13-24-21(27)17-12-16(26)4-5-18(17)25(22(24)28)15-7-9-23-10-8-15/h3-6,11-12,15,23,26H,7-10,13H2,1-2H3. The van der Waals surface area contributed by atoms with E-state index in [1.165, 1.54) is 23.8 Å². The lowest BCUT2D eigenvalue weighted by atomic mass is 10.1. The largest absolute Gasteiger partial charge is 0.508 e. The van der Waals surface area contributed by atoms with Crippen LogP contribution in [-0.2, 0) is 6.54 Å². The van der Waals surface area contributed by atoms with E-state index in [1.807, 2.05) is 0 Å². The molecule has 2 N–H and O–H groups in total. The third-order valence-electron chi connectivity index (χ3n) is 5.61. The molecule has 8 heteroatoms. The third kappa shape index (κ3) is 3.54. The molecule has 1 aliphatic rings. The molecule has 0 aliphatic carbocycles. The molecule has 1 saturated heterocycles. The molecule has 0 unspecified atom stereocenters. The van der Waals surface area contributed by atoms with E-state index < -0.39 is 5.56 Å². The van der Waals surface area contributed by atoms with Gasteiger partial charge in [0.25, 0.3) is 5.56 Å². The first-order chi connectivity index (χ1) is 14.5. The number of rotatable bonds is 5. The Morgan fingerprint density at radius 1 is 1.03 bits per heavy atom. The van der Waals surface area contributed by atoms with E-state index in [0.717, 1.165) is 31.5 Å². The summed E-state index contributed by atoms with van der Waals surface area (Å²) in [6.45, 7) is 1.71. The number of phenolic OH excluding ortho intramolecular Hbond substituents is 1. The van der Waals surface area contributed by atoms with Crippen molar-refractivity contribution in [2.24, 2.45) is 0 Å². The summed E-state index contributed by atoms with van der Waals surface area (Å²) in [7, 11) is 3.09. The second-order valence-electron chi connectivity index (χ2n) is 7.42. The van der Waals surface area contributed by atoms with E-state index in [-0.39, 0.29) is 24.0 Å². The summed E-state index contributed by atoms with van der Waals surface area (Å²) in [5.74, 6) is 1.09. The summed E-state index contributed by atoms with van der Waals surface area (Å²) >= 11 is 0. The fraction of sp³-hybridized carbons (Fsp3) is 0.364. The molecule has 0 amide bonds. The summed E-state index contributed by atoms with van der Waals surface area (Å²) in [4.78, 5) is 26.6. The monoisotopic (exact) mass is 411 g/mol. The van der Waals surface area contributed by atoms with Gasteiger partial charge in [0.15, 0.2) is 11.5 Å². The summed E-state index contributed by atoms with van der Waals surface area (Å²) in [6, 6.07) is 9.88. The first-order valence-electron chi connectivity index (χ1n) is 9.93. The van der Waals surface area contributed by atoms with E-state index in [2.05, 4.69) is 5.32 Å². The SMILES string of the molecule is COc1ccc(Cn2c(=O)c3cc(O)ccc3n(C3CCNCC3)c2=O)cc1OC. The van der Waals surface area contributed by atoms with Gasteiger partial charge in [-0.1, -0.05) is 6.07 Å². The van der Waals surface area contributed by atoms with Gasteiger partial charge in [0.05, 0.1) is 31.7 Å². The molecule has 8 nitrogen and oxygen atoms in total. The van der Waals surface area contributed by atoms with E-state index in [1.54, 1.807) is 35.9 Å². The minimum absolute atomic E-state index is 0.00669. The van der Waals surface area contributed by atoms with Gasteiger partial charge in [-0.25, -0.2) is 4.79 Å². The topological polar surface area (TPSA) is 94.7 Å². The smallest absolute Gasteiger partial charge is 0.332 e. The highest BCUT2D eigenvalue weighted by atomic mass is 16.5. The first kappa shape index (κ1) is 20.0. The van der Waals surface area contributed by atoms with E-state index in [0.29, 0.717) is 22.4 Å². The number of aromatic nitrogens is 2. The van der Waals surface area contributed by atoms with E-state index in [9.17, 15) is 14.7 Å². The summed E-state index contributed by atoms with van der Waals surface area (Å²) in [5.41, 5.74) is 0.521. The number of phenols is 1. The number of fused-ring (bicyclic) bond motifs is 1. The lowest BCUT2D eigenvalue weighted by Crippen LogP contribution is -2.43. The number of methoxy groups -OCH3 is 2. The van der Waals surface area contributed by atoms with Gasteiger partial charge in [0.2, 0.25) is 0 Å². The number of benzene rings is 2. The third-order valence-corrected chi connectivity index (χ3v) is 5.61. The Labute approximate surface area is 173 Å². The van der Waals surface area contributed by atoms with E-state index in [4.69, 9.17) is 9.47 Å². The summed E-state index contributed by atoms with van der Waals surface area (Å²) in [6.07, 6.45) is 1.59. The molecule has 3 aromatic rings. The van der Waals surface area contributed by atoms with Crippen LogP contribution in [-0.4, -0.2) is 41.5 Å². The van der Waals surface area contributed by atoms with Crippen molar-refractivity contribution in [3.8, 4) is 17.2 Å². The molecule has 1 aliphatic heterocycles. The van der Waals surface area contributed by atoms with Gasteiger partial charge < -0.3 is 19.9 Å². The van der Waals surface area contributed by atoms with Crippen LogP contribution in [0.3, 0.4) is 0 Å². The van der Waals surface area contributed by atoms with Crippen molar-refractivity contribution in [2.45, 2.75) is 25.4 Å². The van der Waals surface area contributed by atoms with Crippen molar-refractivity contribution >= 4 is 10.9 Å². The van der Waals surface area contributed by atoms with Crippen LogP contribution in [0.2, 0.25) is 0 Å². The van der Waals surface area contributed by atoms with Crippen LogP contribution < -0.4 is 26.0 Å². The zero-order chi connectivity index (χ0) is 21.3. The average Bonchev–Trinajstić information content (AvgIpc) is 2.77. The van der Waals surface area contributed by atoms with Gasteiger partial charge >= 0.3 is 5.69 Å². The summed E-state index contributed by atoms with van der Waals surface area (Å²) in [5, 5.41) is 13.6. The normalized spacial score (nSPS) is 14.7. The molecule has 2 aromatic carbocycles. The Kier molecular flexibility index (Phi) is 5.50. The molecule has 1 fully saturated rings. The van der Waals surface area contributed by atoms with Gasteiger partial charge in [0, 0.05) is 6.04 Å². The molecular weight excluding hydrogens is 386 g/mol. The maximum absolute atomic E-state index is 13.5. The van der Waals surface area contributed by atoms with Crippen molar-refractivity contribution < 1.29 is 14.6 Å². The number of hydrogen-bond acceptors (Lipinski definition) is 6. The van der Waals surface area contributed by atoms with Crippen LogP contribution in [0.25, 0.3) is 10.9 Å². The van der Waals surface area contributed by atoms with Crippen molar-refractivity contribution in [2.75, 3.05) is 27.3 Å². The van der Waals surface area contributed by atoms with Gasteiger partial charge in [-0.15, -0.1) is 0 Å². The molecule has 0 saturated carbocycles. The van der Waals surface area contributed by atoms with Gasteiger partial charge in [-0.3, -0.25) is 13.9 Å². The Morgan fingerprint density at radius 2 is 1.77 bits per heavy atom. The highest BCUT2D eigenvalue weighted by Gasteiger charge is 2.22. The van der Waals surface area contributed by atoms with Crippen LogP contribution in [0.1, 0.15) is 24.4 Å². The zero-order valence-corrected chi connectivity index (χ0v) is 17.1. The first-order valence-corrected chi connectivity index (χ1v) is 9.93. The van der Waals surface area contributed by atoms with E-state index >= 15 is 0 Å². The minimum Gasteiger partial charge on any atom is -0.508 e. The van der Waals surface area contributed by atoms with Crippen molar-refractivity contribution in [3.05, 3.63) is 62.8 Å². The fourth-order valence-electron chi connectivity index (χ4n) is 4.09. The Bertz CT molecular complexity index is 1190. The molecule has 0 bridgehead atoms. The number of nitrogens with zero attached hydrogens (tertiary/aromatic N) is 2. The molecule has 0 radical (unpaired) electrons. The Hall–Kier alpha value is -3.26. The molecule has 2 heterocycles. The highest BCUT2D eigenvalue weighted by molar-refractivity contribution is 5.79. The lowest BCUT2D eigenvalue weighted by molar-refractivity contribution is 0.353. The second kappa shape index (κ2) is 8.23. The Morgan fingerprint density at radius 3 is 2.47 bits per heavy atom. The molecule has 4 rings (SSSR count). The number of piperidine rings is 1. The van der Waals surface area contributed by atoms with Gasteiger partial charge in [0.1, 0.15) is 5.75 Å². The lowest BCUT2D eigenvalue weighted by Gasteiger charge is -2.27. The van der Waals surface area contributed by atoms with Crippen LogP contribution >= 0.6 is 0 Å². The molecule has 158 valence electrons. The maximum atomic E-state index is 13.5. The van der Waals surface area contributed by atoms with Crippen LogP contribution in [0.4, 0.5) is 0 Å². The van der Waals surface area contributed by atoms with Crippen LogP contribution in [0.5, 0.6) is 17.2 Å². The van der Waals surface area contributed by atoms with Gasteiger partial charge in [-0.05, 0) is 61.8 Å². The highest BCUT2D eigenvalue weighted by Crippen LogP contribution is 2.28. The zero-order valence-electron chi connectivity index (χ0n) is 17.1. The average molecular weight is 411 g/mol. The summed E-state index contributed by atoms with van der Waals surface area (Å²) < 4.78 is 13.5. The quantitative estimate of drug-likeness (QED) is 0.666. The Balaban J connectivity index is 1.89. The molecule has 30 heavy (non-hydrogen) atoms. The number of nitrogens with one attached hydrogen (secondary N) is 1. The molecule has 1 aromatic heterocycles. The number of aromatic hydroxyl groups is 1.